The zero-order chi connectivity index (χ0) is 12.3. The van der Waals surface area contributed by atoms with Crippen molar-refractivity contribution in [3.8, 4) is 0 Å². The number of hydrogen-bond acceptors (Lipinski definition) is 2. The van der Waals surface area contributed by atoms with Crippen molar-refractivity contribution in [2.45, 2.75) is 13.3 Å². The number of hydrogen-bond donors (Lipinski definition) is 1. The number of halogens is 1. The number of allylic oxidation sites excluding steroid dienone is 1. The van der Waals surface area contributed by atoms with Crippen molar-refractivity contribution in [2.24, 2.45) is 0 Å². The van der Waals surface area contributed by atoms with Crippen LogP contribution in [0.1, 0.15) is 19.1 Å². The van der Waals surface area contributed by atoms with E-state index in [0.717, 1.165) is 29.7 Å². The van der Waals surface area contributed by atoms with Gasteiger partial charge in [-0.3, -0.25) is 0 Å². The number of nitrogens with one attached hydrogen (secondary N) is 1. The highest BCUT2D eigenvalue weighted by Crippen LogP contribution is 2.26. The Morgan fingerprint density at radius 2 is 2.29 bits per heavy atom. The molecule has 0 spiro atoms. The third-order valence-corrected chi connectivity index (χ3v) is 2.73. The Labute approximate surface area is 100 Å². The van der Waals surface area contributed by atoms with Crippen molar-refractivity contribution < 1.29 is 8.81 Å². The van der Waals surface area contributed by atoms with Crippen LogP contribution in [-0.4, -0.2) is 13.6 Å². The first-order valence-electron chi connectivity index (χ1n) is 5.72. The summed E-state index contributed by atoms with van der Waals surface area (Å²) in [6.45, 7) is 2.90. The summed E-state index contributed by atoms with van der Waals surface area (Å²) in [6, 6.07) is 6.84. The van der Waals surface area contributed by atoms with E-state index in [1.54, 1.807) is 6.07 Å². The molecular weight excluding hydrogens is 217 g/mol. The van der Waals surface area contributed by atoms with Gasteiger partial charge in [0.25, 0.3) is 0 Å². The lowest BCUT2D eigenvalue weighted by atomic mass is 10.1. The van der Waals surface area contributed by atoms with Gasteiger partial charge in [0.1, 0.15) is 5.76 Å². The molecule has 0 fully saturated rings. The maximum atomic E-state index is 13.4. The second kappa shape index (κ2) is 5.15. The second-order valence-corrected chi connectivity index (χ2v) is 4.05. The van der Waals surface area contributed by atoms with Gasteiger partial charge in [0, 0.05) is 5.39 Å². The molecule has 0 saturated heterocycles. The summed E-state index contributed by atoms with van der Waals surface area (Å²) in [5, 5.41) is 3.88. The first-order valence-corrected chi connectivity index (χ1v) is 5.72. The van der Waals surface area contributed by atoms with Gasteiger partial charge in [-0.15, -0.1) is 0 Å². The maximum absolute atomic E-state index is 13.4. The van der Waals surface area contributed by atoms with Crippen molar-refractivity contribution in [2.75, 3.05) is 13.6 Å². The largest absolute Gasteiger partial charge is 0.453 e. The lowest BCUT2D eigenvalue weighted by Crippen LogP contribution is -2.05. The number of furan rings is 1. The van der Waals surface area contributed by atoms with Gasteiger partial charge >= 0.3 is 0 Å². The molecule has 1 heterocycles. The molecule has 0 aliphatic heterocycles. The van der Waals surface area contributed by atoms with E-state index in [-0.39, 0.29) is 5.82 Å². The van der Waals surface area contributed by atoms with Crippen LogP contribution in [0.4, 0.5) is 4.39 Å². The maximum Gasteiger partial charge on any atom is 0.170 e. The predicted octanol–water partition coefficient (Wildman–Crippen LogP) is 3.58. The average Bonchev–Trinajstić information content (AvgIpc) is 2.75. The Morgan fingerprint density at radius 3 is 3.00 bits per heavy atom. The molecule has 2 nitrogen and oxygen atoms in total. The molecule has 1 aromatic carbocycles. The minimum atomic E-state index is -0.309. The third-order valence-electron chi connectivity index (χ3n) is 2.73. The first-order chi connectivity index (χ1) is 8.22. The number of fused-ring (bicyclic) bond motifs is 1. The summed E-state index contributed by atoms with van der Waals surface area (Å²) in [5.74, 6) is 0.429. The minimum absolute atomic E-state index is 0.309. The molecule has 0 atom stereocenters. The zero-order valence-corrected chi connectivity index (χ0v) is 10.1. The molecule has 1 N–H and O–H groups in total. The molecule has 2 rings (SSSR count). The molecule has 0 aliphatic carbocycles. The lowest BCUT2D eigenvalue weighted by molar-refractivity contribution is 0.551. The highest BCUT2D eigenvalue weighted by Gasteiger charge is 2.08. The molecule has 0 amide bonds. The number of rotatable bonds is 4. The molecule has 3 heteroatoms. The normalized spacial score (nSPS) is 12.3. The van der Waals surface area contributed by atoms with Crippen LogP contribution in [0.25, 0.3) is 16.5 Å². The lowest BCUT2D eigenvalue weighted by Gasteiger charge is -1.96. The highest BCUT2D eigenvalue weighted by atomic mass is 19.1. The van der Waals surface area contributed by atoms with Gasteiger partial charge in [-0.1, -0.05) is 18.2 Å². The van der Waals surface area contributed by atoms with Crippen LogP contribution in [-0.2, 0) is 0 Å². The summed E-state index contributed by atoms with van der Waals surface area (Å²) in [5.41, 5.74) is 1.37. The Kier molecular flexibility index (Phi) is 3.59. The van der Waals surface area contributed by atoms with E-state index in [1.165, 1.54) is 6.07 Å². The fraction of sp³-hybridized carbons (Fsp3) is 0.286. The molecule has 0 saturated carbocycles. The van der Waals surface area contributed by atoms with Crippen LogP contribution < -0.4 is 5.32 Å². The fourth-order valence-corrected chi connectivity index (χ4v) is 1.76. The first kappa shape index (κ1) is 11.9. The van der Waals surface area contributed by atoms with Crippen molar-refractivity contribution in [3.05, 3.63) is 41.9 Å². The van der Waals surface area contributed by atoms with Crippen molar-refractivity contribution >= 4 is 16.5 Å². The van der Waals surface area contributed by atoms with Gasteiger partial charge in [0.05, 0.1) is 0 Å². The molecule has 1 aromatic heterocycles. The van der Waals surface area contributed by atoms with Crippen LogP contribution in [0.15, 0.2) is 34.8 Å². The standard InChI is InChI=1S/C14H16FNO/c1-10(5-4-8-16-2)13-9-11-6-3-7-12(15)14(11)17-13/h3,5-7,9,16H,4,8H2,1-2H3/b10-5-. The van der Waals surface area contributed by atoms with Crippen molar-refractivity contribution in [1.29, 1.82) is 0 Å². The zero-order valence-electron chi connectivity index (χ0n) is 10.1. The molecule has 90 valence electrons. The Morgan fingerprint density at radius 1 is 1.47 bits per heavy atom. The van der Waals surface area contributed by atoms with Gasteiger partial charge in [0.2, 0.25) is 0 Å². The van der Waals surface area contributed by atoms with E-state index in [4.69, 9.17) is 4.42 Å². The topological polar surface area (TPSA) is 25.2 Å². The second-order valence-electron chi connectivity index (χ2n) is 4.05. The van der Waals surface area contributed by atoms with E-state index in [0.29, 0.717) is 5.58 Å². The van der Waals surface area contributed by atoms with E-state index < -0.39 is 0 Å². The average molecular weight is 233 g/mol. The van der Waals surface area contributed by atoms with E-state index >= 15 is 0 Å². The van der Waals surface area contributed by atoms with E-state index in [1.807, 2.05) is 26.1 Å². The van der Waals surface area contributed by atoms with Gasteiger partial charge in [-0.05, 0) is 44.6 Å². The Balaban J connectivity index is 2.30. The molecular formula is C14H16FNO. The molecule has 17 heavy (non-hydrogen) atoms. The van der Waals surface area contributed by atoms with Crippen LogP contribution in [0.3, 0.4) is 0 Å². The Hall–Kier alpha value is -1.61. The number of para-hydroxylation sites is 1. The molecule has 2 aromatic rings. The smallest absolute Gasteiger partial charge is 0.170 e. The van der Waals surface area contributed by atoms with E-state index in [2.05, 4.69) is 11.4 Å². The van der Waals surface area contributed by atoms with Crippen molar-refractivity contribution in [3.63, 3.8) is 0 Å². The van der Waals surface area contributed by atoms with Crippen LogP contribution in [0, 0.1) is 5.82 Å². The molecule has 0 unspecified atom stereocenters. The fourth-order valence-electron chi connectivity index (χ4n) is 1.76. The number of benzene rings is 1. The quantitative estimate of drug-likeness (QED) is 0.816. The summed E-state index contributed by atoms with van der Waals surface area (Å²) in [4.78, 5) is 0. The van der Waals surface area contributed by atoms with Crippen LogP contribution in [0.5, 0.6) is 0 Å². The van der Waals surface area contributed by atoms with Gasteiger partial charge in [0.15, 0.2) is 11.4 Å². The van der Waals surface area contributed by atoms with Crippen LogP contribution in [0.2, 0.25) is 0 Å². The highest BCUT2D eigenvalue weighted by molar-refractivity contribution is 5.82. The Bertz CT molecular complexity index is 542. The minimum Gasteiger partial charge on any atom is -0.453 e. The monoisotopic (exact) mass is 233 g/mol. The summed E-state index contributed by atoms with van der Waals surface area (Å²) >= 11 is 0. The van der Waals surface area contributed by atoms with E-state index in [9.17, 15) is 4.39 Å². The SMILES string of the molecule is CNCC/C=C(/C)c1cc2cccc(F)c2o1. The summed E-state index contributed by atoms with van der Waals surface area (Å²) < 4.78 is 19.0. The molecule has 0 radical (unpaired) electrons. The third kappa shape index (κ3) is 2.56. The summed E-state index contributed by atoms with van der Waals surface area (Å²) in [7, 11) is 1.92. The van der Waals surface area contributed by atoms with Gasteiger partial charge in [-0.2, -0.15) is 0 Å². The summed E-state index contributed by atoms with van der Waals surface area (Å²) in [6.07, 6.45) is 3.02. The van der Waals surface area contributed by atoms with Crippen molar-refractivity contribution in [1.82, 2.24) is 5.32 Å². The molecule has 0 bridgehead atoms. The van der Waals surface area contributed by atoms with Gasteiger partial charge < -0.3 is 9.73 Å². The molecule has 0 aliphatic rings. The predicted molar refractivity (Wildman–Crippen MR) is 68.4 cm³/mol. The van der Waals surface area contributed by atoms with Crippen LogP contribution >= 0.6 is 0 Å². The van der Waals surface area contributed by atoms with Gasteiger partial charge in [-0.25, -0.2) is 4.39 Å².